The maximum absolute atomic E-state index is 12.5. The molecule has 1 aromatic carbocycles. The Morgan fingerprint density at radius 3 is 2.71 bits per heavy atom. The summed E-state index contributed by atoms with van der Waals surface area (Å²) in [6, 6.07) is 7.79. The number of benzene rings is 1. The molecule has 0 aliphatic heterocycles. The van der Waals surface area contributed by atoms with E-state index in [1.807, 2.05) is 38.1 Å². The summed E-state index contributed by atoms with van der Waals surface area (Å²) in [5, 5.41) is 7.20. The summed E-state index contributed by atoms with van der Waals surface area (Å²) in [5.74, 6) is 0.185. The Morgan fingerprint density at radius 1 is 1.29 bits per heavy atom. The highest BCUT2D eigenvalue weighted by Gasteiger charge is 2.18. The Bertz CT molecular complexity index is 620. The molecule has 5 heteroatoms. The van der Waals surface area contributed by atoms with Crippen LogP contribution in [0.2, 0.25) is 0 Å². The van der Waals surface area contributed by atoms with E-state index in [-0.39, 0.29) is 5.91 Å². The largest absolute Gasteiger partial charge is 0.476 e. The molecule has 112 valence electrons. The molecule has 1 aromatic heterocycles. The number of aromatic nitrogens is 2. The smallest absolute Gasteiger partial charge is 0.262 e. The first-order valence-electron chi connectivity index (χ1n) is 7.29. The molecule has 0 aliphatic carbocycles. The number of hydrogen-bond donors (Lipinski definition) is 1. The van der Waals surface area contributed by atoms with Gasteiger partial charge >= 0.3 is 0 Å². The van der Waals surface area contributed by atoms with Crippen molar-refractivity contribution >= 4 is 11.6 Å². The Balaban J connectivity index is 2.25. The lowest BCUT2D eigenvalue weighted by atomic mass is 10.1. The summed E-state index contributed by atoms with van der Waals surface area (Å²) in [6.45, 7) is 7.08. The molecule has 0 aliphatic rings. The number of aryl methyl sites for hydroxylation is 2. The molecule has 0 saturated heterocycles. The van der Waals surface area contributed by atoms with Crippen LogP contribution >= 0.6 is 0 Å². The molecule has 21 heavy (non-hydrogen) atoms. The quantitative estimate of drug-likeness (QED) is 0.888. The summed E-state index contributed by atoms with van der Waals surface area (Å²) in [4.78, 5) is 12.5. The van der Waals surface area contributed by atoms with Gasteiger partial charge in [-0.15, -0.1) is 5.10 Å². The monoisotopic (exact) mass is 287 g/mol. The Hall–Kier alpha value is -2.30. The highest BCUT2D eigenvalue weighted by atomic mass is 16.5. The Kier molecular flexibility index (Phi) is 4.98. The van der Waals surface area contributed by atoms with Crippen molar-refractivity contribution in [1.29, 1.82) is 0 Å². The molecule has 0 unspecified atom stereocenters. The number of amides is 1. The molecule has 5 nitrogen and oxygen atoms in total. The molecule has 0 spiro atoms. The molecule has 0 atom stereocenters. The van der Waals surface area contributed by atoms with Crippen molar-refractivity contribution in [1.82, 2.24) is 9.78 Å². The van der Waals surface area contributed by atoms with Gasteiger partial charge in [-0.05, 0) is 31.9 Å². The van der Waals surface area contributed by atoms with Crippen LogP contribution in [0.4, 0.5) is 5.69 Å². The maximum Gasteiger partial charge on any atom is 0.262 e. The third-order valence-corrected chi connectivity index (χ3v) is 3.22. The molecule has 1 heterocycles. The number of carbonyl (C=O) groups is 1. The SMILES string of the molecule is CCOc1nn(CC)cc1C(=O)Nc1ccccc1CC. The van der Waals surface area contributed by atoms with Gasteiger partial charge in [0.05, 0.1) is 6.61 Å². The van der Waals surface area contributed by atoms with Crippen LogP contribution in [-0.2, 0) is 13.0 Å². The van der Waals surface area contributed by atoms with Crippen LogP contribution < -0.4 is 10.1 Å². The standard InChI is InChI=1S/C16H21N3O2/c1-4-12-9-7-8-10-14(12)17-15(20)13-11-19(5-2)18-16(13)21-6-3/h7-11H,4-6H2,1-3H3,(H,17,20). The number of para-hydroxylation sites is 1. The van der Waals surface area contributed by atoms with E-state index >= 15 is 0 Å². The number of anilines is 1. The summed E-state index contributed by atoms with van der Waals surface area (Å²) in [7, 11) is 0. The van der Waals surface area contributed by atoms with Crippen LogP contribution in [0, 0.1) is 0 Å². The highest BCUT2D eigenvalue weighted by molar-refractivity contribution is 6.06. The molecule has 1 N–H and O–H groups in total. The number of nitrogens with zero attached hydrogens (tertiary/aromatic N) is 2. The van der Waals surface area contributed by atoms with E-state index in [4.69, 9.17) is 4.74 Å². The van der Waals surface area contributed by atoms with E-state index < -0.39 is 0 Å². The average molecular weight is 287 g/mol. The zero-order chi connectivity index (χ0) is 15.2. The fraction of sp³-hybridized carbons (Fsp3) is 0.375. The van der Waals surface area contributed by atoms with Crippen LogP contribution in [0.3, 0.4) is 0 Å². The molecule has 2 aromatic rings. The molecule has 1 amide bonds. The van der Waals surface area contributed by atoms with Crippen LogP contribution in [0.25, 0.3) is 0 Å². The zero-order valence-electron chi connectivity index (χ0n) is 12.7. The molecule has 0 saturated carbocycles. The van der Waals surface area contributed by atoms with Crippen LogP contribution in [0.5, 0.6) is 5.88 Å². The van der Waals surface area contributed by atoms with Crippen molar-refractivity contribution in [3.8, 4) is 5.88 Å². The number of carbonyl (C=O) groups excluding carboxylic acids is 1. The summed E-state index contributed by atoms with van der Waals surface area (Å²) in [6.07, 6.45) is 2.58. The predicted molar refractivity (Wildman–Crippen MR) is 82.8 cm³/mol. The van der Waals surface area contributed by atoms with Crippen molar-refractivity contribution in [3.05, 3.63) is 41.6 Å². The second kappa shape index (κ2) is 6.92. The van der Waals surface area contributed by atoms with Gasteiger partial charge in [0.1, 0.15) is 5.56 Å². The molecule has 0 radical (unpaired) electrons. The van der Waals surface area contributed by atoms with E-state index in [1.165, 1.54) is 0 Å². The topological polar surface area (TPSA) is 56.2 Å². The minimum absolute atomic E-state index is 0.195. The normalized spacial score (nSPS) is 10.4. The van der Waals surface area contributed by atoms with E-state index in [0.29, 0.717) is 24.6 Å². The number of rotatable bonds is 6. The first-order chi connectivity index (χ1) is 10.2. The van der Waals surface area contributed by atoms with E-state index in [0.717, 1.165) is 17.7 Å². The van der Waals surface area contributed by atoms with Gasteiger partial charge in [-0.1, -0.05) is 25.1 Å². The van der Waals surface area contributed by atoms with Gasteiger partial charge in [0.15, 0.2) is 0 Å². The second-order valence-electron chi connectivity index (χ2n) is 4.60. The minimum atomic E-state index is -0.195. The van der Waals surface area contributed by atoms with Gasteiger partial charge in [0.2, 0.25) is 5.88 Å². The van der Waals surface area contributed by atoms with Crippen molar-refractivity contribution in [2.24, 2.45) is 0 Å². The second-order valence-corrected chi connectivity index (χ2v) is 4.60. The van der Waals surface area contributed by atoms with E-state index in [9.17, 15) is 4.79 Å². The van der Waals surface area contributed by atoms with Gasteiger partial charge in [0, 0.05) is 18.4 Å². The zero-order valence-corrected chi connectivity index (χ0v) is 12.7. The van der Waals surface area contributed by atoms with Crippen LogP contribution in [-0.4, -0.2) is 22.3 Å². The third kappa shape index (κ3) is 3.42. The Morgan fingerprint density at radius 2 is 2.05 bits per heavy atom. The van der Waals surface area contributed by atoms with Gasteiger partial charge < -0.3 is 10.1 Å². The number of nitrogens with one attached hydrogen (secondary N) is 1. The van der Waals surface area contributed by atoms with Crippen LogP contribution in [0.15, 0.2) is 30.5 Å². The fourth-order valence-electron chi connectivity index (χ4n) is 2.10. The maximum atomic E-state index is 12.5. The lowest BCUT2D eigenvalue weighted by Crippen LogP contribution is -2.14. The van der Waals surface area contributed by atoms with E-state index in [2.05, 4.69) is 17.3 Å². The highest BCUT2D eigenvalue weighted by Crippen LogP contribution is 2.20. The van der Waals surface area contributed by atoms with Crippen LogP contribution in [0.1, 0.15) is 36.7 Å². The average Bonchev–Trinajstić information content (AvgIpc) is 2.91. The lowest BCUT2D eigenvalue weighted by Gasteiger charge is -2.09. The van der Waals surface area contributed by atoms with Crippen molar-refractivity contribution in [2.45, 2.75) is 33.7 Å². The van der Waals surface area contributed by atoms with Crippen molar-refractivity contribution < 1.29 is 9.53 Å². The predicted octanol–water partition coefficient (Wildman–Crippen LogP) is 3.12. The summed E-state index contributed by atoms with van der Waals surface area (Å²) < 4.78 is 7.14. The van der Waals surface area contributed by atoms with Crippen molar-refractivity contribution in [3.63, 3.8) is 0 Å². The molecule has 0 bridgehead atoms. The lowest BCUT2D eigenvalue weighted by molar-refractivity contribution is 0.102. The van der Waals surface area contributed by atoms with Gasteiger partial charge in [-0.2, -0.15) is 0 Å². The fourth-order valence-corrected chi connectivity index (χ4v) is 2.10. The van der Waals surface area contributed by atoms with Gasteiger partial charge in [-0.25, -0.2) is 0 Å². The molecule has 0 fully saturated rings. The number of hydrogen-bond acceptors (Lipinski definition) is 3. The summed E-state index contributed by atoms with van der Waals surface area (Å²) >= 11 is 0. The Labute approximate surface area is 124 Å². The van der Waals surface area contributed by atoms with Gasteiger partial charge in [-0.3, -0.25) is 9.48 Å². The van der Waals surface area contributed by atoms with Crippen molar-refractivity contribution in [2.75, 3.05) is 11.9 Å². The third-order valence-electron chi connectivity index (χ3n) is 3.22. The molecule has 2 rings (SSSR count). The first-order valence-corrected chi connectivity index (χ1v) is 7.29. The molecular weight excluding hydrogens is 266 g/mol. The first kappa shape index (κ1) is 15.1. The van der Waals surface area contributed by atoms with E-state index in [1.54, 1.807) is 10.9 Å². The van der Waals surface area contributed by atoms with Gasteiger partial charge in [0.25, 0.3) is 5.91 Å². The minimum Gasteiger partial charge on any atom is -0.476 e. The number of ether oxygens (including phenoxy) is 1. The summed E-state index contributed by atoms with van der Waals surface area (Å²) in [5.41, 5.74) is 2.40. The molecular formula is C16H21N3O2.